The van der Waals surface area contributed by atoms with Crippen molar-refractivity contribution in [2.75, 3.05) is 13.1 Å². The quantitative estimate of drug-likeness (QED) is 0.699. The monoisotopic (exact) mass is 378 g/mol. The predicted octanol–water partition coefficient (Wildman–Crippen LogP) is 4.19. The minimum absolute atomic E-state index is 0.0663. The molecule has 1 aliphatic rings. The van der Waals surface area contributed by atoms with Crippen LogP contribution in [0.15, 0.2) is 52.9 Å². The Hall–Kier alpha value is -2.79. The molecule has 4 rings (SSSR count). The van der Waals surface area contributed by atoms with Gasteiger partial charge in [-0.05, 0) is 63.0 Å². The Morgan fingerprint density at radius 3 is 2.89 bits per heavy atom. The summed E-state index contributed by atoms with van der Waals surface area (Å²) >= 11 is 0. The SMILES string of the molecule is Cc1oc2ccc(OCc3ccccc3)cc2c1C(=O)NC1CCCNCC1. The van der Waals surface area contributed by atoms with Gasteiger partial charge in [-0.25, -0.2) is 0 Å². The second-order valence-electron chi connectivity index (χ2n) is 7.32. The van der Waals surface area contributed by atoms with Crippen LogP contribution >= 0.6 is 0 Å². The van der Waals surface area contributed by atoms with Gasteiger partial charge in [0.2, 0.25) is 0 Å². The van der Waals surface area contributed by atoms with E-state index in [1.165, 1.54) is 0 Å². The van der Waals surface area contributed by atoms with Gasteiger partial charge in [-0.15, -0.1) is 0 Å². The highest BCUT2D eigenvalue weighted by molar-refractivity contribution is 6.07. The molecule has 3 aromatic rings. The first kappa shape index (κ1) is 18.6. The minimum atomic E-state index is -0.0663. The average molecular weight is 378 g/mol. The Morgan fingerprint density at radius 1 is 1.18 bits per heavy atom. The van der Waals surface area contributed by atoms with Crippen molar-refractivity contribution >= 4 is 16.9 Å². The number of benzene rings is 2. The molecule has 0 aliphatic carbocycles. The van der Waals surface area contributed by atoms with Crippen LogP contribution in [0.2, 0.25) is 0 Å². The van der Waals surface area contributed by atoms with Gasteiger partial charge in [-0.1, -0.05) is 30.3 Å². The van der Waals surface area contributed by atoms with E-state index in [1.54, 1.807) is 0 Å². The number of ether oxygens (including phenoxy) is 1. The highest BCUT2D eigenvalue weighted by atomic mass is 16.5. The van der Waals surface area contributed by atoms with Crippen molar-refractivity contribution in [2.45, 2.75) is 38.8 Å². The molecule has 1 atom stereocenters. The summed E-state index contributed by atoms with van der Waals surface area (Å²) in [4.78, 5) is 13.0. The van der Waals surface area contributed by atoms with Crippen molar-refractivity contribution in [1.29, 1.82) is 0 Å². The van der Waals surface area contributed by atoms with Crippen molar-refractivity contribution in [3.63, 3.8) is 0 Å². The van der Waals surface area contributed by atoms with Crippen molar-refractivity contribution in [3.8, 4) is 5.75 Å². The number of furan rings is 1. The first-order valence-corrected chi connectivity index (χ1v) is 9.92. The van der Waals surface area contributed by atoms with E-state index in [0.717, 1.165) is 49.1 Å². The van der Waals surface area contributed by atoms with E-state index in [4.69, 9.17) is 9.15 Å². The van der Waals surface area contributed by atoms with Gasteiger partial charge in [-0.3, -0.25) is 4.79 Å². The van der Waals surface area contributed by atoms with E-state index in [0.29, 0.717) is 23.5 Å². The van der Waals surface area contributed by atoms with Crippen LogP contribution in [0.4, 0.5) is 0 Å². The Labute approximate surface area is 165 Å². The van der Waals surface area contributed by atoms with Crippen LogP contribution < -0.4 is 15.4 Å². The molecular weight excluding hydrogens is 352 g/mol. The van der Waals surface area contributed by atoms with Gasteiger partial charge < -0.3 is 19.8 Å². The lowest BCUT2D eigenvalue weighted by Crippen LogP contribution is -2.35. The number of carbonyl (C=O) groups excluding carboxylic acids is 1. The summed E-state index contributed by atoms with van der Waals surface area (Å²) in [6.45, 7) is 4.28. The maximum atomic E-state index is 13.0. The molecule has 5 heteroatoms. The molecule has 0 spiro atoms. The smallest absolute Gasteiger partial charge is 0.255 e. The van der Waals surface area contributed by atoms with E-state index >= 15 is 0 Å². The summed E-state index contributed by atoms with van der Waals surface area (Å²) in [5.74, 6) is 1.30. The fraction of sp³-hybridized carbons (Fsp3) is 0.348. The molecule has 0 saturated carbocycles. The third kappa shape index (κ3) is 4.20. The van der Waals surface area contributed by atoms with E-state index in [-0.39, 0.29) is 11.9 Å². The van der Waals surface area contributed by atoms with Gasteiger partial charge in [0, 0.05) is 11.4 Å². The lowest BCUT2D eigenvalue weighted by molar-refractivity contribution is 0.0934. The molecule has 5 nitrogen and oxygen atoms in total. The molecule has 1 unspecified atom stereocenters. The lowest BCUT2D eigenvalue weighted by Gasteiger charge is -2.15. The predicted molar refractivity (Wildman–Crippen MR) is 110 cm³/mol. The number of rotatable bonds is 5. The van der Waals surface area contributed by atoms with Crippen LogP contribution in [-0.4, -0.2) is 25.0 Å². The Morgan fingerprint density at radius 2 is 2.04 bits per heavy atom. The van der Waals surface area contributed by atoms with Crippen molar-refractivity contribution in [1.82, 2.24) is 10.6 Å². The lowest BCUT2D eigenvalue weighted by atomic mass is 10.1. The molecule has 28 heavy (non-hydrogen) atoms. The number of fused-ring (bicyclic) bond motifs is 1. The molecule has 0 radical (unpaired) electrons. The zero-order chi connectivity index (χ0) is 19.3. The van der Waals surface area contributed by atoms with Gasteiger partial charge in [0.15, 0.2) is 0 Å². The molecule has 0 bridgehead atoms. The maximum Gasteiger partial charge on any atom is 0.255 e. The molecule has 1 saturated heterocycles. The summed E-state index contributed by atoms with van der Waals surface area (Å²) in [5, 5.41) is 7.37. The van der Waals surface area contributed by atoms with Crippen molar-refractivity contribution < 1.29 is 13.9 Å². The highest BCUT2D eigenvalue weighted by Crippen LogP contribution is 2.29. The molecule has 146 valence electrons. The third-order valence-corrected chi connectivity index (χ3v) is 5.22. The van der Waals surface area contributed by atoms with Crippen LogP contribution in [0.3, 0.4) is 0 Å². The average Bonchev–Trinajstić information content (AvgIpc) is 2.85. The van der Waals surface area contributed by atoms with Crippen LogP contribution in [0, 0.1) is 6.92 Å². The Kier molecular flexibility index (Phi) is 5.63. The first-order valence-electron chi connectivity index (χ1n) is 9.92. The van der Waals surface area contributed by atoms with E-state index < -0.39 is 0 Å². The Bertz CT molecular complexity index is 941. The molecule has 1 amide bonds. The summed E-state index contributed by atoms with van der Waals surface area (Å²) in [6, 6.07) is 15.9. The highest BCUT2D eigenvalue weighted by Gasteiger charge is 2.22. The minimum Gasteiger partial charge on any atom is -0.489 e. The standard InChI is InChI=1S/C23H26N2O3/c1-16-22(23(26)25-18-8-5-12-24-13-11-18)20-14-19(9-10-21(20)28-16)27-15-17-6-3-2-4-7-17/h2-4,6-7,9-10,14,18,24H,5,8,11-13,15H2,1H3,(H,25,26). The number of aryl methyl sites for hydroxylation is 1. The van der Waals surface area contributed by atoms with Gasteiger partial charge >= 0.3 is 0 Å². The van der Waals surface area contributed by atoms with Crippen LogP contribution in [0.1, 0.15) is 40.9 Å². The summed E-state index contributed by atoms with van der Waals surface area (Å²) in [7, 11) is 0. The number of nitrogens with one attached hydrogen (secondary N) is 2. The van der Waals surface area contributed by atoms with Gasteiger partial charge in [-0.2, -0.15) is 0 Å². The van der Waals surface area contributed by atoms with E-state index in [2.05, 4.69) is 10.6 Å². The van der Waals surface area contributed by atoms with Crippen molar-refractivity contribution in [3.05, 3.63) is 65.4 Å². The number of amides is 1. The van der Waals surface area contributed by atoms with Crippen LogP contribution in [0.25, 0.3) is 11.0 Å². The van der Waals surface area contributed by atoms with Crippen LogP contribution in [0.5, 0.6) is 5.75 Å². The normalized spacial score (nSPS) is 17.2. The Balaban J connectivity index is 1.53. The molecule has 1 aliphatic heterocycles. The molecule has 2 N–H and O–H groups in total. The topological polar surface area (TPSA) is 63.5 Å². The summed E-state index contributed by atoms with van der Waals surface area (Å²) in [5.41, 5.74) is 2.42. The van der Waals surface area contributed by atoms with Gasteiger partial charge in [0.25, 0.3) is 5.91 Å². The molecule has 1 aromatic heterocycles. The number of hydrogen-bond acceptors (Lipinski definition) is 4. The number of hydrogen-bond donors (Lipinski definition) is 2. The summed E-state index contributed by atoms with van der Waals surface area (Å²) in [6.07, 6.45) is 3.03. The molecule has 2 heterocycles. The van der Waals surface area contributed by atoms with Gasteiger partial charge in [0.1, 0.15) is 23.7 Å². The summed E-state index contributed by atoms with van der Waals surface area (Å²) < 4.78 is 11.8. The second-order valence-corrected chi connectivity index (χ2v) is 7.32. The van der Waals surface area contributed by atoms with Crippen LogP contribution in [-0.2, 0) is 6.61 Å². The zero-order valence-electron chi connectivity index (χ0n) is 16.2. The van der Waals surface area contributed by atoms with Crippen molar-refractivity contribution in [2.24, 2.45) is 0 Å². The zero-order valence-corrected chi connectivity index (χ0v) is 16.2. The molecule has 1 fully saturated rings. The third-order valence-electron chi connectivity index (χ3n) is 5.22. The first-order chi connectivity index (χ1) is 13.7. The van der Waals surface area contributed by atoms with E-state index in [1.807, 2.05) is 55.5 Å². The fourth-order valence-corrected chi connectivity index (χ4v) is 3.73. The largest absolute Gasteiger partial charge is 0.489 e. The van der Waals surface area contributed by atoms with E-state index in [9.17, 15) is 4.79 Å². The fourth-order valence-electron chi connectivity index (χ4n) is 3.73. The molecule has 2 aromatic carbocycles. The molecular formula is C23H26N2O3. The number of carbonyl (C=O) groups is 1. The van der Waals surface area contributed by atoms with Gasteiger partial charge in [0.05, 0.1) is 5.56 Å². The second kappa shape index (κ2) is 8.48. The maximum absolute atomic E-state index is 13.0.